The topological polar surface area (TPSA) is 73.5 Å². The highest BCUT2D eigenvalue weighted by molar-refractivity contribution is 7.09. The van der Waals surface area contributed by atoms with E-state index in [9.17, 15) is 0 Å². The van der Waals surface area contributed by atoms with Gasteiger partial charge in [0.25, 0.3) is 0 Å². The number of benzene rings is 1. The lowest BCUT2D eigenvalue weighted by Crippen LogP contribution is -2.22. The molecule has 1 aromatic carbocycles. The van der Waals surface area contributed by atoms with Gasteiger partial charge in [-0.2, -0.15) is 4.98 Å². The molecule has 1 aliphatic heterocycles. The second kappa shape index (κ2) is 8.06. The Bertz CT molecular complexity index is 881. The predicted molar refractivity (Wildman–Crippen MR) is 101 cm³/mol. The number of rotatable bonds is 7. The molecule has 0 radical (unpaired) electrons. The van der Waals surface area contributed by atoms with E-state index in [1.165, 1.54) is 0 Å². The normalized spacial score (nSPS) is 17.3. The third-order valence-corrected chi connectivity index (χ3v) is 5.64. The van der Waals surface area contributed by atoms with Crippen LogP contribution in [0.5, 0.6) is 11.5 Å². The number of ether oxygens (including phenoxy) is 2. The zero-order valence-electron chi connectivity index (χ0n) is 15.4. The van der Waals surface area contributed by atoms with Gasteiger partial charge in [0.2, 0.25) is 5.89 Å². The summed E-state index contributed by atoms with van der Waals surface area (Å²) in [5.74, 6) is 2.72. The molecule has 1 aliphatic rings. The highest BCUT2D eigenvalue weighted by Gasteiger charge is 2.29. The average Bonchev–Trinajstić information content (AvgIpc) is 3.44. The first kappa shape index (κ1) is 17.9. The van der Waals surface area contributed by atoms with Gasteiger partial charge in [-0.1, -0.05) is 11.2 Å². The van der Waals surface area contributed by atoms with Gasteiger partial charge < -0.3 is 14.0 Å². The molecule has 0 amide bonds. The molecule has 27 heavy (non-hydrogen) atoms. The lowest BCUT2D eigenvalue weighted by Gasteiger charge is -2.20. The largest absolute Gasteiger partial charge is 0.493 e. The molecule has 1 saturated heterocycles. The molecule has 0 aliphatic carbocycles. The molecule has 7 nitrogen and oxygen atoms in total. The van der Waals surface area contributed by atoms with Crippen LogP contribution in [-0.4, -0.2) is 40.8 Å². The molecule has 0 bridgehead atoms. The number of hydrogen-bond acceptors (Lipinski definition) is 8. The fourth-order valence-corrected chi connectivity index (χ4v) is 4.27. The van der Waals surface area contributed by atoms with Gasteiger partial charge in [-0.25, -0.2) is 4.98 Å². The third-order valence-electron chi connectivity index (χ3n) is 4.76. The van der Waals surface area contributed by atoms with Gasteiger partial charge in [0.1, 0.15) is 5.01 Å². The van der Waals surface area contributed by atoms with Crippen LogP contribution in [0.3, 0.4) is 0 Å². The minimum atomic E-state index is 0.353. The summed E-state index contributed by atoms with van der Waals surface area (Å²) >= 11 is 1.71. The molecular weight excluding hydrogens is 364 g/mol. The van der Waals surface area contributed by atoms with Crippen molar-refractivity contribution in [3.05, 3.63) is 52.1 Å². The van der Waals surface area contributed by atoms with E-state index in [0.717, 1.165) is 30.0 Å². The zero-order valence-corrected chi connectivity index (χ0v) is 16.2. The average molecular weight is 386 g/mol. The second-order valence-corrected chi connectivity index (χ2v) is 7.40. The number of nitrogens with zero attached hydrogens (tertiary/aromatic N) is 4. The molecule has 0 saturated carbocycles. The molecule has 8 heteroatoms. The molecule has 3 heterocycles. The fourth-order valence-electron chi connectivity index (χ4n) is 3.47. The van der Waals surface area contributed by atoms with E-state index in [2.05, 4.69) is 20.0 Å². The predicted octanol–water partition coefficient (Wildman–Crippen LogP) is 3.47. The molecule has 0 N–H and O–H groups in total. The summed E-state index contributed by atoms with van der Waals surface area (Å²) in [6.07, 6.45) is 4.74. The summed E-state index contributed by atoms with van der Waals surface area (Å²) < 4.78 is 16.1. The highest BCUT2D eigenvalue weighted by Crippen LogP contribution is 2.34. The van der Waals surface area contributed by atoms with E-state index in [0.29, 0.717) is 42.2 Å². The van der Waals surface area contributed by atoms with Crippen LogP contribution in [0.2, 0.25) is 0 Å². The van der Waals surface area contributed by atoms with Gasteiger partial charge in [-0.15, -0.1) is 11.3 Å². The fraction of sp³-hybridized carbons (Fsp3) is 0.421. The Kier molecular flexibility index (Phi) is 5.35. The van der Waals surface area contributed by atoms with E-state index < -0.39 is 0 Å². The highest BCUT2D eigenvalue weighted by atomic mass is 32.1. The van der Waals surface area contributed by atoms with Gasteiger partial charge >= 0.3 is 0 Å². The number of hydrogen-bond donors (Lipinski definition) is 0. The maximum atomic E-state index is 5.49. The van der Waals surface area contributed by atoms with Crippen LogP contribution >= 0.6 is 11.3 Å². The molecule has 4 rings (SSSR count). The van der Waals surface area contributed by atoms with Gasteiger partial charge in [0.05, 0.1) is 26.8 Å². The monoisotopic (exact) mass is 386 g/mol. The number of methoxy groups -OCH3 is 2. The first-order valence-corrected chi connectivity index (χ1v) is 9.80. The molecule has 1 atom stereocenters. The van der Waals surface area contributed by atoms with Crippen molar-refractivity contribution in [1.29, 1.82) is 0 Å². The summed E-state index contributed by atoms with van der Waals surface area (Å²) in [6, 6.07) is 6.16. The SMILES string of the molecule is COc1ccc(Cc2noc(CN3CCCC3c3nccs3)n2)cc1OC. The van der Waals surface area contributed by atoms with E-state index in [1.807, 2.05) is 29.8 Å². The lowest BCUT2D eigenvalue weighted by molar-refractivity contribution is 0.212. The Morgan fingerprint density at radius 3 is 2.93 bits per heavy atom. The van der Waals surface area contributed by atoms with Crippen LogP contribution in [0.1, 0.15) is 41.2 Å². The van der Waals surface area contributed by atoms with Crippen LogP contribution in [0.25, 0.3) is 0 Å². The Balaban J connectivity index is 1.43. The first-order chi connectivity index (χ1) is 13.3. The standard InChI is InChI=1S/C19H22N4O3S/c1-24-15-6-5-13(10-16(15)25-2)11-17-21-18(26-22-17)12-23-8-3-4-14(23)19-20-7-9-27-19/h5-7,9-10,14H,3-4,8,11-12H2,1-2H3. The summed E-state index contributed by atoms with van der Waals surface area (Å²) in [6.45, 7) is 1.68. The quantitative estimate of drug-likeness (QED) is 0.615. The maximum absolute atomic E-state index is 5.49. The minimum absolute atomic E-state index is 0.353. The van der Waals surface area contributed by atoms with E-state index in [1.54, 1.807) is 25.6 Å². The van der Waals surface area contributed by atoms with E-state index in [-0.39, 0.29) is 0 Å². The van der Waals surface area contributed by atoms with Gasteiger partial charge in [0.15, 0.2) is 17.3 Å². The number of thiazole rings is 1. The summed E-state index contributed by atoms with van der Waals surface area (Å²) in [5, 5.41) is 7.33. The molecule has 142 valence electrons. The third kappa shape index (κ3) is 3.96. The van der Waals surface area contributed by atoms with Gasteiger partial charge in [-0.3, -0.25) is 4.90 Å². The van der Waals surface area contributed by atoms with Crippen molar-refractivity contribution in [2.24, 2.45) is 0 Å². The second-order valence-electron chi connectivity index (χ2n) is 6.47. The Morgan fingerprint density at radius 1 is 1.26 bits per heavy atom. The van der Waals surface area contributed by atoms with Crippen molar-refractivity contribution in [3.8, 4) is 11.5 Å². The summed E-state index contributed by atoms with van der Waals surface area (Å²) in [7, 11) is 3.25. The smallest absolute Gasteiger partial charge is 0.240 e. The van der Waals surface area contributed by atoms with Crippen molar-refractivity contribution >= 4 is 11.3 Å². The molecule has 3 aromatic rings. The van der Waals surface area contributed by atoms with Gasteiger partial charge in [-0.05, 0) is 37.1 Å². The van der Waals surface area contributed by atoms with Gasteiger partial charge in [0, 0.05) is 18.0 Å². The van der Waals surface area contributed by atoms with Crippen molar-refractivity contribution in [3.63, 3.8) is 0 Å². The molecule has 1 unspecified atom stereocenters. The van der Waals surface area contributed by atoms with Crippen molar-refractivity contribution < 1.29 is 14.0 Å². The summed E-state index contributed by atoms with van der Waals surface area (Å²) in [4.78, 5) is 11.4. The minimum Gasteiger partial charge on any atom is -0.493 e. The van der Waals surface area contributed by atoms with Crippen molar-refractivity contribution in [2.75, 3.05) is 20.8 Å². The van der Waals surface area contributed by atoms with Crippen LogP contribution in [0, 0.1) is 0 Å². The molecular formula is C19H22N4O3S. The van der Waals surface area contributed by atoms with Crippen LogP contribution in [0.15, 0.2) is 34.3 Å². The Morgan fingerprint density at radius 2 is 2.15 bits per heavy atom. The zero-order chi connectivity index (χ0) is 18.6. The maximum Gasteiger partial charge on any atom is 0.240 e. The summed E-state index contributed by atoms with van der Waals surface area (Å²) in [5.41, 5.74) is 1.04. The Labute approximate surface area is 161 Å². The first-order valence-electron chi connectivity index (χ1n) is 8.92. The van der Waals surface area contributed by atoms with Crippen LogP contribution in [-0.2, 0) is 13.0 Å². The molecule has 0 spiro atoms. The van der Waals surface area contributed by atoms with Crippen molar-refractivity contribution in [1.82, 2.24) is 20.0 Å². The van der Waals surface area contributed by atoms with Crippen LogP contribution in [0.4, 0.5) is 0 Å². The molecule has 1 fully saturated rings. The van der Waals surface area contributed by atoms with Crippen molar-refractivity contribution in [2.45, 2.75) is 31.8 Å². The number of likely N-dealkylation sites (tertiary alicyclic amines) is 1. The number of aromatic nitrogens is 3. The molecule has 2 aromatic heterocycles. The van der Waals surface area contributed by atoms with E-state index in [4.69, 9.17) is 14.0 Å². The lowest BCUT2D eigenvalue weighted by atomic mass is 10.1. The Hall–Kier alpha value is -2.45. The van der Waals surface area contributed by atoms with E-state index >= 15 is 0 Å². The van der Waals surface area contributed by atoms with Crippen LogP contribution < -0.4 is 9.47 Å².